The molecule has 0 aromatic carbocycles. The molecule has 0 bridgehead atoms. The van der Waals surface area contributed by atoms with E-state index in [-0.39, 0.29) is 5.91 Å². The van der Waals surface area contributed by atoms with Gasteiger partial charge in [-0.25, -0.2) is 4.98 Å². The molecule has 1 atom stereocenters. The number of aryl methyl sites for hydroxylation is 2. The molecule has 2 rings (SSSR count). The molecule has 5 heteroatoms. The van der Waals surface area contributed by atoms with Crippen LogP contribution in [0.2, 0.25) is 0 Å². The molecule has 0 spiro atoms. The van der Waals surface area contributed by atoms with Gasteiger partial charge in [0.2, 0.25) is 0 Å². The normalized spacial score (nSPS) is 19.9. The Hall–Kier alpha value is -1.49. The number of amides is 1. The number of hydrogen-bond donors (Lipinski definition) is 2. The van der Waals surface area contributed by atoms with Crippen LogP contribution in [0, 0.1) is 13.8 Å². The lowest BCUT2D eigenvalue weighted by molar-refractivity contribution is 0.0953. The first-order valence-electron chi connectivity index (χ1n) is 4.01. The Labute approximate surface area is 75.4 Å². The molecule has 68 valence electrons. The van der Waals surface area contributed by atoms with Crippen molar-refractivity contribution in [1.82, 2.24) is 15.3 Å². The molecule has 1 unspecified atom stereocenters. The number of nitrogens with zero attached hydrogens (tertiary/aromatic N) is 2. The fraction of sp³-hybridized carbons (Fsp3) is 0.375. The van der Waals surface area contributed by atoms with Gasteiger partial charge in [0.15, 0.2) is 5.69 Å². The van der Waals surface area contributed by atoms with Crippen molar-refractivity contribution in [2.75, 3.05) is 0 Å². The lowest BCUT2D eigenvalue weighted by atomic mass is 10.2. The summed E-state index contributed by atoms with van der Waals surface area (Å²) in [5.74, 6) is -0.238. The van der Waals surface area contributed by atoms with E-state index in [1.807, 2.05) is 13.8 Å². The zero-order chi connectivity index (χ0) is 9.59. The summed E-state index contributed by atoms with van der Waals surface area (Å²) < 4.78 is 0. The van der Waals surface area contributed by atoms with Crippen LogP contribution in [0.15, 0.2) is 0 Å². The number of nitrogens with two attached hydrogens (primary N) is 1. The minimum atomic E-state index is -0.505. The summed E-state index contributed by atoms with van der Waals surface area (Å²) in [7, 11) is 0. The SMILES string of the molecule is Cc1nc2c(nc1C)C(N)NC2=O. The molecular formula is C8H10N4O. The third kappa shape index (κ3) is 1.08. The monoisotopic (exact) mass is 178 g/mol. The molecule has 1 aromatic rings. The van der Waals surface area contributed by atoms with E-state index in [9.17, 15) is 4.79 Å². The lowest BCUT2D eigenvalue weighted by Gasteiger charge is -2.03. The Morgan fingerprint density at radius 2 is 1.92 bits per heavy atom. The summed E-state index contributed by atoms with van der Waals surface area (Å²) in [6.07, 6.45) is -0.505. The van der Waals surface area contributed by atoms with Crippen LogP contribution in [-0.2, 0) is 0 Å². The molecule has 5 nitrogen and oxygen atoms in total. The molecular weight excluding hydrogens is 168 g/mol. The smallest absolute Gasteiger partial charge is 0.273 e. The van der Waals surface area contributed by atoms with E-state index in [0.29, 0.717) is 11.4 Å². The molecule has 1 aliphatic heterocycles. The third-order valence-electron chi connectivity index (χ3n) is 2.13. The van der Waals surface area contributed by atoms with Gasteiger partial charge in [-0.1, -0.05) is 0 Å². The number of fused-ring (bicyclic) bond motifs is 1. The van der Waals surface area contributed by atoms with Crippen molar-refractivity contribution in [2.24, 2.45) is 5.73 Å². The quantitative estimate of drug-likeness (QED) is 0.576. The highest BCUT2D eigenvalue weighted by Crippen LogP contribution is 2.18. The molecule has 0 saturated heterocycles. The molecule has 1 aliphatic rings. The minimum Gasteiger partial charge on any atom is -0.330 e. The van der Waals surface area contributed by atoms with E-state index in [4.69, 9.17) is 5.73 Å². The zero-order valence-corrected chi connectivity index (χ0v) is 7.46. The third-order valence-corrected chi connectivity index (χ3v) is 2.13. The molecule has 0 radical (unpaired) electrons. The van der Waals surface area contributed by atoms with Crippen molar-refractivity contribution >= 4 is 5.91 Å². The highest BCUT2D eigenvalue weighted by molar-refractivity contribution is 5.96. The molecule has 3 N–H and O–H groups in total. The van der Waals surface area contributed by atoms with Crippen LogP contribution in [0.5, 0.6) is 0 Å². The predicted octanol–water partition coefficient (Wildman–Crippen LogP) is -0.206. The van der Waals surface area contributed by atoms with Gasteiger partial charge in [-0.15, -0.1) is 0 Å². The maximum atomic E-state index is 11.2. The highest BCUT2D eigenvalue weighted by Gasteiger charge is 2.29. The average Bonchev–Trinajstić information content (AvgIpc) is 2.31. The summed E-state index contributed by atoms with van der Waals surface area (Å²) in [6, 6.07) is 0. The predicted molar refractivity (Wildman–Crippen MR) is 45.9 cm³/mol. The van der Waals surface area contributed by atoms with Crippen molar-refractivity contribution in [3.8, 4) is 0 Å². The van der Waals surface area contributed by atoms with E-state index in [1.54, 1.807) is 0 Å². The van der Waals surface area contributed by atoms with Crippen molar-refractivity contribution < 1.29 is 4.79 Å². The van der Waals surface area contributed by atoms with E-state index in [0.717, 1.165) is 11.4 Å². The first kappa shape index (κ1) is 8.12. The lowest BCUT2D eigenvalue weighted by Crippen LogP contribution is -2.25. The summed E-state index contributed by atoms with van der Waals surface area (Å²) in [4.78, 5) is 19.6. The van der Waals surface area contributed by atoms with Gasteiger partial charge < -0.3 is 11.1 Å². The highest BCUT2D eigenvalue weighted by atomic mass is 16.2. The summed E-state index contributed by atoms with van der Waals surface area (Å²) in [5, 5.41) is 2.55. The van der Waals surface area contributed by atoms with E-state index >= 15 is 0 Å². The van der Waals surface area contributed by atoms with Gasteiger partial charge in [-0.2, -0.15) is 0 Å². The van der Waals surface area contributed by atoms with Crippen LogP contribution in [-0.4, -0.2) is 15.9 Å². The topological polar surface area (TPSA) is 80.9 Å². The summed E-state index contributed by atoms with van der Waals surface area (Å²) >= 11 is 0. The molecule has 1 aromatic heterocycles. The molecule has 0 fully saturated rings. The van der Waals surface area contributed by atoms with Crippen molar-refractivity contribution in [3.63, 3.8) is 0 Å². The number of rotatable bonds is 0. The molecule has 1 amide bonds. The van der Waals surface area contributed by atoms with Crippen molar-refractivity contribution in [3.05, 3.63) is 22.8 Å². The van der Waals surface area contributed by atoms with Gasteiger partial charge in [-0.05, 0) is 13.8 Å². The van der Waals surface area contributed by atoms with Crippen LogP contribution in [0.1, 0.15) is 33.7 Å². The second-order valence-electron chi connectivity index (χ2n) is 3.08. The van der Waals surface area contributed by atoms with Crippen molar-refractivity contribution in [1.29, 1.82) is 0 Å². The van der Waals surface area contributed by atoms with Gasteiger partial charge in [0.25, 0.3) is 5.91 Å². The standard InChI is InChI=1S/C8H10N4O/c1-3-4(2)11-6-5(10-3)7(9)12-8(6)13/h7H,9H2,1-2H3,(H,12,13). The Morgan fingerprint density at radius 3 is 2.62 bits per heavy atom. The number of carbonyl (C=O) groups is 1. The van der Waals surface area contributed by atoms with E-state index < -0.39 is 6.17 Å². The average molecular weight is 178 g/mol. The van der Waals surface area contributed by atoms with Crippen LogP contribution < -0.4 is 11.1 Å². The minimum absolute atomic E-state index is 0.238. The number of nitrogens with one attached hydrogen (secondary N) is 1. The molecule has 0 saturated carbocycles. The second kappa shape index (κ2) is 2.50. The fourth-order valence-electron chi connectivity index (χ4n) is 1.28. The van der Waals surface area contributed by atoms with Gasteiger partial charge in [0.1, 0.15) is 11.9 Å². The molecule has 13 heavy (non-hydrogen) atoms. The molecule has 0 aliphatic carbocycles. The first-order chi connectivity index (χ1) is 6.09. The van der Waals surface area contributed by atoms with E-state index in [2.05, 4.69) is 15.3 Å². The van der Waals surface area contributed by atoms with Gasteiger partial charge in [0, 0.05) is 0 Å². The number of hydrogen-bond acceptors (Lipinski definition) is 4. The van der Waals surface area contributed by atoms with Crippen molar-refractivity contribution in [2.45, 2.75) is 20.0 Å². The van der Waals surface area contributed by atoms with Gasteiger partial charge in [0.05, 0.1) is 11.4 Å². The number of carbonyl (C=O) groups excluding carboxylic acids is 1. The summed E-state index contributed by atoms with van der Waals surface area (Å²) in [5.41, 5.74) is 8.10. The van der Waals surface area contributed by atoms with E-state index in [1.165, 1.54) is 0 Å². The van der Waals surface area contributed by atoms with Crippen LogP contribution in [0.3, 0.4) is 0 Å². The van der Waals surface area contributed by atoms with Crippen LogP contribution >= 0.6 is 0 Å². The second-order valence-corrected chi connectivity index (χ2v) is 3.08. The first-order valence-corrected chi connectivity index (χ1v) is 4.01. The van der Waals surface area contributed by atoms with Gasteiger partial charge in [-0.3, -0.25) is 9.78 Å². The zero-order valence-electron chi connectivity index (χ0n) is 7.46. The Bertz CT molecular complexity index is 388. The maximum absolute atomic E-state index is 11.2. The summed E-state index contributed by atoms with van der Waals surface area (Å²) in [6.45, 7) is 3.66. The maximum Gasteiger partial charge on any atom is 0.273 e. The largest absolute Gasteiger partial charge is 0.330 e. The Kier molecular flexibility index (Phi) is 1.56. The van der Waals surface area contributed by atoms with Crippen LogP contribution in [0.4, 0.5) is 0 Å². The molecule has 2 heterocycles. The van der Waals surface area contributed by atoms with Gasteiger partial charge >= 0.3 is 0 Å². The Balaban J connectivity index is 2.65. The Morgan fingerprint density at radius 1 is 1.31 bits per heavy atom. The fourth-order valence-corrected chi connectivity index (χ4v) is 1.28. The number of aromatic nitrogens is 2. The van der Waals surface area contributed by atoms with Crippen LogP contribution in [0.25, 0.3) is 0 Å².